The van der Waals surface area contributed by atoms with Crippen LogP contribution in [0.15, 0.2) is 333 Å². The van der Waals surface area contributed by atoms with E-state index >= 15 is 0 Å². The van der Waals surface area contributed by atoms with Gasteiger partial charge in [0.15, 0.2) is 0 Å². The Labute approximate surface area is 599 Å². The SMILES string of the molecule is CC12C=CC=CC1=C(c1ccc3sc4ccc5sc6c7ccccc7ccc6c5c4c3c1)c1ccc(-c3ccc4c(-c5ccc6sc7c(ccc8sc9c%10ccccc%10ccc9c87)c6c5)c5ccccc5c(-c5ccc(-c6ccccc6)cc5)c4c3)cc1C2c1ccc(-c2ccccc2)cc1. The van der Waals surface area contributed by atoms with Crippen molar-refractivity contribution in [1.82, 2.24) is 0 Å². The van der Waals surface area contributed by atoms with Crippen LogP contribution in [-0.4, -0.2) is 0 Å². The van der Waals surface area contributed by atoms with Crippen molar-refractivity contribution >= 4 is 175 Å². The van der Waals surface area contributed by atoms with Crippen LogP contribution in [0.2, 0.25) is 0 Å². The Balaban J connectivity index is 0.759. The van der Waals surface area contributed by atoms with E-state index in [0.717, 1.165) is 0 Å². The molecule has 0 nitrogen and oxygen atoms in total. The minimum atomic E-state index is -0.406. The van der Waals surface area contributed by atoms with Crippen molar-refractivity contribution in [1.29, 1.82) is 0 Å². The van der Waals surface area contributed by atoms with Crippen LogP contribution >= 0.6 is 45.3 Å². The smallest absolute Gasteiger partial charge is 0.0448 e. The minimum absolute atomic E-state index is 0.00761. The molecular weight excluding hydrogens is 1290 g/mol. The van der Waals surface area contributed by atoms with Crippen molar-refractivity contribution in [3.63, 3.8) is 0 Å². The second kappa shape index (κ2) is 22.1. The molecule has 0 N–H and O–H groups in total. The van der Waals surface area contributed by atoms with E-state index in [2.05, 4.69) is 335 Å². The number of hydrogen-bond acceptors (Lipinski definition) is 4. The van der Waals surface area contributed by atoms with Gasteiger partial charge >= 0.3 is 0 Å². The fourth-order valence-corrected chi connectivity index (χ4v) is 22.6. The zero-order valence-electron chi connectivity index (χ0n) is 54.9. The molecule has 0 amide bonds. The van der Waals surface area contributed by atoms with Gasteiger partial charge < -0.3 is 0 Å². The van der Waals surface area contributed by atoms with E-state index in [9.17, 15) is 0 Å². The van der Waals surface area contributed by atoms with Crippen molar-refractivity contribution < 1.29 is 0 Å². The normalized spacial score (nSPS) is 15.4. The van der Waals surface area contributed by atoms with Crippen LogP contribution in [-0.2, 0) is 0 Å². The summed E-state index contributed by atoms with van der Waals surface area (Å²) < 4.78 is 10.7. The molecule has 2 unspecified atom stereocenters. The average molecular weight is 1350 g/mol. The first kappa shape index (κ1) is 57.6. The summed E-state index contributed by atoms with van der Waals surface area (Å²) in [5.41, 5.74) is 19.6. The summed E-state index contributed by atoms with van der Waals surface area (Å²) >= 11 is 7.71. The molecule has 2 atom stereocenters. The molecule has 0 fully saturated rings. The predicted octanol–water partition coefficient (Wildman–Crippen LogP) is 29.2. The zero-order chi connectivity index (χ0) is 66.2. The molecule has 470 valence electrons. The molecule has 0 bridgehead atoms. The second-order valence-electron chi connectivity index (χ2n) is 27.8. The number of thiophene rings is 4. The summed E-state index contributed by atoms with van der Waals surface area (Å²) in [6.45, 7) is 2.50. The van der Waals surface area contributed by atoms with Gasteiger partial charge in [-0.05, 0) is 187 Å². The molecule has 0 saturated carbocycles. The highest BCUT2D eigenvalue weighted by molar-refractivity contribution is 7.30. The maximum Gasteiger partial charge on any atom is 0.0448 e. The Morgan fingerprint density at radius 3 is 1.44 bits per heavy atom. The van der Waals surface area contributed by atoms with Crippen LogP contribution in [0, 0.1) is 5.41 Å². The second-order valence-corrected chi connectivity index (χ2v) is 32.0. The lowest BCUT2D eigenvalue weighted by Gasteiger charge is -2.45. The van der Waals surface area contributed by atoms with Gasteiger partial charge in [-0.25, -0.2) is 0 Å². The van der Waals surface area contributed by atoms with Crippen LogP contribution in [0.4, 0.5) is 0 Å². The van der Waals surface area contributed by atoms with Gasteiger partial charge in [0.1, 0.15) is 0 Å². The molecule has 2 aliphatic carbocycles. The molecule has 4 heterocycles. The van der Waals surface area contributed by atoms with E-state index in [1.54, 1.807) is 0 Å². The Morgan fingerprint density at radius 1 is 0.277 bits per heavy atom. The van der Waals surface area contributed by atoms with E-state index in [-0.39, 0.29) is 5.92 Å². The minimum Gasteiger partial charge on any atom is -0.135 e. The highest BCUT2D eigenvalue weighted by Crippen LogP contribution is 2.59. The predicted molar refractivity (Wildman–Crippen MR) is 442 cm³/mol. The van der Waals surface area contributed by atoms with Crippen molar-refractivity contribution in [3.8, 4) is 55.6 Å². The molecule has 101 heavy (non-hydrogen) atoms. The van der Waals surface area contributed by atoms with Gasteiger partial charge in [-0.15, -0.1) is 45.3 Å². The lowest BCUT2D eigenvalue weighted by molar-refractivity contribution is 0.448. The van der Waals surface area contributed by atoms with Crippen LogP contribution < -0.4 is 0 Å². The maximum atomic E-state index is 2.58. The molecule has 4 heteroatoms. The molecule has 0 radical (unpaired) electrons. The molecular formula is C97H58S4. The Kier molecular flexibility index (Phi) is 12.6. The first-order valence-electron chi connectivity index (χ1n) is 34.9. The van der Waals surface area contributed by atoms with Crippen LogP contribution in [0.1, 0.15) is 35.1 Å². The zero-order valence-corrected chi connectivity index (χ0v) is 58.2. The highest BCUT2D eigenvalue weighted by Gasteiger charge is 2.44. The van der Waals surface area contributed by atoms with Gasteiger partial charge in [0.05, 0.1) is 0 Å². The lowest BCUT2D eigenvalue weighted by Crippen LogP contribution is -2.32. The van der Waals surface area contributed by atoms with Crippen LogP contribution in [0.5, 0.6) is 0 Å². The number of allylic oxidation sites excluding steroid dienone is 5. The third-order valence-electron chi connectivity index (χ3n) is 22.4. The summed E-state index contributed by atoms with van der Waals surface area (Å²) in [6.07, 6.45) is 9.48. The molecule has 2 aliphatic rings. The molecule has 0 saturated heterocycles. The van der Waals surface area contributed by atoms with Crippen LogP contribution in [0.3, 0.4) is 0 Å². The maximum absolute atomic E-state index is 2.58. The molecule has 0 spiro atoms. The molecule has 4 aromatic heterocycles. The highest BCUT2D eigenvalue weighted by atomic mass is 32.1. The number of fused-ring (bicyclic) bond motifs is 22. The molecule has 16 aromatic carbocycles. The average Bonchev–Trinajstić information content (AvgIpc) is 1.25. The number of rotatable bonds is 7. The van der Waals surface area contributed by atoms with Gasteiger partial charge in [0.2, 0.25) is 0 Å². The van der Waals surface area contributed by atoms with Crippen molar-refractivity contribution in [2.45, 2.75) is 12.8 Å². The van der Waals surface area contributed by atoms with Gasteiger partial charge in [0, 0.05) is 92.0 Å². The van der Waals surface area contributed by atoms with E-state index in [1.807, 2.05) is 45.3 Å². The van der Waals surface area contributed by atoms with Gasteiger partial charge in [-0.2, -0.15) is 0 Å². The fourth-order valence-electron chi connectivity index (χ4n) is 17.7. The van der Waals surface area contributed by atoms with Gasteiger partial charge in [-0.1, -0.05) is 280 Å². The molecule has 0 aliphatic heterocycles. The standard InChI is InChI=1S/C97H58S4/c1-97-51-15-14-26-81(97)89(67-40-47-83-80(55-67)91-84(98-83)49-50-85-90(91)75-43-35-60-20-8-10-22-68(60)94(75)100-85)73-42-38-65(53-79(73)93(97)63-33-29-59(30-34-63)57-18-6-3-7-19-57)64-37-41-72-78(52-64)87(62-31-27-58(28-32-62)56-16-4-2-5-17-56)70-24-12-13-25-71(70)88(72)66-39-46-82-77(54-66)74-45-48-86-92(96(74)99-82)76-44-36-61-21-9-11-23-69(61)95(76)101-86/h2-55,93H,1H3. The summed E-state index contributed by atoms with van der Waals surface area (Å²) in [6, 6.07) is 116. The first-order chi connectivity index (χ1) is 49.9. The summed E-state index contributed by atoms with van der Waals surface area (Å²) in [7, 11) is 0. The molecule has 20 aromatic rings. The Hall–Kier alpha value is -11.3. The monoisotopic (exact) mass is 1350 g/mol. The van der Waals surface area contributed by atoms with Crippen molar-refractivity contribution in [3.05, 3.63) is 355 Å². The summed E-state index contributed by atoms with van der Waals surface area (Å²) in [4.78, 5) is 0. The Bertz CT molecular complexity index is 7050. The summed E-state index contributed by atoms with van der Waals surface area (Å²) in [5, 5.41) is 20.9. The molecule has 22 rings (SSSR count). The lowest BCUT2D eigenvalue weighted by atomic mass is 9.58. The van der Waals surface area contributed by atoms with Crippen molar-refractivity contribution in [2.24, 2.45) is 5.41 Å². The van der Waals surface area contributed by atoms with E-state index in [0.29, 0.717) is 0 Å². The fraction of sp³-hybridized carbons (Fsp3) is 0.0309. The third-order valence-corrected chi connectivity index (χ3v) is 27.1. The number of hydrogen-bond donors (Lipinski definition) is 0. The third kappa shape index (κ3) is 8.64. The van der Waals surface area contributed by atoms with Gasteiger partial charge in [-0.3, -0.25) is 0 Å². The Morgan fingerprint density at radius 2 is 0.733 bits per heavy atom. The summed E-state index contributed by atoms with van der Waals surface area (Å²) in [5.74, 6) is -0.00761. The first-order valence-corrected chi connectivity index (χ1v) is 38.1. The topological polar surface area (TPSA) is 0 Å². The quantitative estimate of drug-likeness (QED) is 0.140. The largest absolute Gasteiger partial charge is 0.135 e. The van der Waals surface area contributed by atoms with Gasteiger partial charge in [0.25, 0.3) is 0 Å². The van der Waals surface area contributed by atoms with E-state index in [4.69, 9.17) is 0 Å². The van der Waals surface area contributed by atoms with Crippen molar-refractivity contribution in [2.75, 3.05) is 0 Å². The van der Waals surface area contributed by atoms with E-state index < -0.39 is 5.41 Å². The van der Waals surface area contributed by atoms with E-state index in [1.165, 1.54) is 213 Å². The number of benzene rings is 16. The van der Waals surface area contributed by atoms with Crippen LogP contribution in [0.25, 0.3) is 185 Å².